The van der Waals surface area contributed by atoms with Crippen molar-refractivity contribution >= 4 is 17.6 Å². The summed E-state index contributed by atoms with van der Waals surface area (Å²) in [7, 11) is 0. The van der Waals surface area contributed by atoms with Crippen molar-refractivity contribution in [2.45, 2.75) is 58.5 Å². The number of halogens is 3. The van der Waals surface area contributed by atoms with E-state index in [2.05, 4.69) is 35.9 Å². The number of anilines is 1. The van der Waals surface area contributed by atoms with Crippen molar-refractivity contribution in [3.05, 3.63) is 59.5 Å². The molecule has 2 unspecified atom stereocenters. The summed E-state index contributed by atoms with van der Waals surface area (Å²) in [4.78, 5) is 24.4. The molecule has 2 heterocycles. The van der Waals surface area contributed by atoms with E-state index in [0.717, 1.165) is 30.7 Å². The third kappa shape index (κ3) is 10.3. The zero-order valence-electron chi connectivity index (χ0n) is 21.5. The number of benzene rings is 1. The van der Waals surface area contributed by atoms with E-state index in [-0.39, 0.29) is 29.8 Å². The lowest BCUT2D eigenvalue weighted by atomic mass is 10.1. The van der Waals surface area contributed by atoms with E-state index in [1.54, 1.807) is 29.9 Å². The molecule has 0 aliphatic rings. The fourth-order valence-corrected chi connectivity index (χ4v) is 3.39. The summed E-state index contributed by atoms with van der Waals surface area (Å²) in [6.45, 7) is 4.39. The number of nitrogens with one attached hydrogen (secondary N) is 2. The predicted octanol–water partition coefficient (Wildman–Crippen LogP) is 2.92. The Morgan fingerprint density at radius 3 is 2.59 bits per heavy atom. The lowest BCUT2D eigenvalue weighted by Crippen LogP contribution is -2.32. The highest BCUT2D eigenvalue weighted by atomic mass is 19.4. The molecule has 3 aromatic rings. The predicted molar refractivity (Wildman–Crippen MR) is 134 cm³/mol. The molecule has 39 heavy (non-hydrogen) atoms. The number of carbonyl (C=O) groups is 2. The van der Waals surface area contributed by atoms with Crippen molar-refractivity contribution in [3.8, 4) is 5.75 Å². The number of aliphatic hydroxyl groups excluding tert-OH is 1. The summed E-state index contributed by atoms with van der Waals surface area (Å²) in [6.07, 6.45) is -1.78. The van der Waals surface area contributed by atoms with Gasteiger partial charge < -0.3 is 20.5 Å². The number of hydrogen-bond acceptors (Lipinski definition) is 8. The second kappa shape index (κ2) is 13.6. The van der Waals surface area contributed by atoms with Gasteiger partial charge in [0.1, 0.15) is 5.75 Å². The minimum Gasteiger partial charge on any atom is -0.406 e. The number of hydrogen-bond donors (Lipinski definition) is 3. The van der Waals surface area contributed by atoms with Crippen LogP contribution in [-0.4, -0.2) is 61.1 Å². The smallest absolute Gasteiger partial charge is 0.406 e. The first-order chi connectivity index (χ1) is 18.5. The molecule has 3 rings (SSSR count). The molecular formula is C25H30F3N7O4. The molecule has 11 nitrogen and oxygen atoms in total. The first-order valence-electron chi connectivity index (χ1n) is 12.3. The molecule has 14 heteroatoms. The summed E-state index contributed by atoms with van der Waals surface area (Å²) in [5.41, 5.74) is 1.28. The van der Waals surface area contributed by atoms with Crippen molar-refractivity contribution in [1.82, 2.24) is 30.5 Å². The van der Waals surface area contributed by atoms with Gasteiger partial charge in [-0.25, -0.2) is 0 Å². The van der Waals surface area contributed by atoms with E-state index < -0.39 is 24.1 Å². The summed E-state index contributed by atoms with van der Waals surface area (Å²) < 4.78 is 42.6. The first-order valence-corrected chi connectivity index (χ1v) is 12.3. The molecule has 0 bridgehead atoms. The van der Waals surface area contributed by atoms with Crippen molar-refractivity contribution < 1.29 is 32.6 Å². The average molecular weight is 550 g/mol. The largest absolute Gasteiger partial charge is 0.573 e. The molecule has 3 N–H and O–H groups in total. The van der Waals surface area contributed by atoms with Crippen molar-refractivity contribution in [2.24, 2.45) is 5.92 Å². The minimum absolute atomic E-state index is 0.0784. The third-order valence-electron chi connectivity index (χ3n) is 5.73. The van der Waals surface area contributed by atoms with Crippen LogP contribution in [-0.2, 0) is 24.2 Å². The van der Waals surface area contributed by atoms with Crippen LogP contribution in [0.2, 0.25) is 0 Å². The number of ether oxygens (including phenoxy) is 1. The SMILES string of the molecule is CC(O)C(C)CNC(=O)c1cn(CCCCc2ccc(NC(=O)Cc3cccc(OC(F)(F)F)c3)nn2)nn1. The number of rotatable bonds is 13. The van der Waals surface area contributed by atoms with E-state index in [9.17, 15) is 27.9 Å². The Balaban J connectivity index is 1.38. The van der Waals surface area contributed by atoms with Gasteiger partial charge in [-0.15, -0.1) is 23.4 Å². The molecule has 0 fully saturated rings. The van der Waals surface area contributed by atoms with Crippen LogP contribution in [0.4, 0.5) is 19.0 Å². The van der Waals surface area contributed by atoms with Crippen LogP contribution in [0.25, 0.3) is 0 Å². The molecule has 0 aliphatic carbocycles. The average Bonchev–Trinajstić information content (AvgIpc) is 3.34. The van der Waals surface area contributed by atoms with Gasteiger partial charge in [-0.05, 0) is 61.9 Å². The fraction of sp³-hybridized carbons (Fsp3) is 0.440. The second-order valence-corrected chi connectivity index (χ2v) is 9.08. The highest BCUT2D eigenvalue weighted by Gasteiger charge is 2.31. The van der Waals surface area contributed by atoms with E-state index in [1.807, 2.05) is 6.92 Å². The number of nitrogens with zero attached hydrogens (tertiary/aromatic N) is 5. The molecule has 1 aromatic carbocycles. The first kappa shape index (κ1) is 29.5. The molecule has 0 saturated heterocycles. The normalized spacial score (nSPS) is 13.0. The van der Waals surface area contributed by atoms with E-state index in [1.165, 1.54) is 12.1 Å². The molecule has 0 saturated carbocycles. The van der Waals surface area contributed by atoms with Crippen LogP contribution in [0.1, 0.15) is 48.4 Å². The van der Waals surface area contributed by atoms with Gasteiger partial charge in [0.15, 0.2) is 11.5 Å². The van der Waals surface area contributed by atoms with Crippen molar-refractivity contribution in [2.75, 3.05) is 11.9 Å². The highest BCUT2D eigenvalue weighted by Crippen LogP contribution is 2.23. The van der Waals surface area contributed by atoms with E-state index in [0.29, 0.717) is 25.1 Å². The van der Waals surface area contributed by atoms with E-state index >= 15 is 0 Å². The monoisotopic (exact) mass is 549 g/mol. The highest BCUT2D eigenvalue weighted by molar-refractivity contribution is 5.92. The standard InChI is InChI=1S/C25H30F3N7O4/c1-16(17(2)36)14-29-24(38)21-15-35(34-32-21)11-4-3-7-19-9-10-22(33-31-19)30-23(37)13-18-6-5-8-20(12-18)39-25(26,27)28/h5-6,8-10,12,15-17,36H,3-4,7,11,13-14H2,1-2H3,(H,29,38)(H,30,33,37). The van der Waals surface area contributed by atoms with E-state index in [4.69, 9.17) is 0 Å². The van der Waals surface area contributed by atoms with Crippen molar-refractivity contribution in [3.63, 3.8) is 0 Å². The molecular weight excluding hydrogens is 519 g/mol. The van der Waals surface area contributed by atoms with Gasteiger partial charge in [0.05, 0.1) is 24.4 Å². The molecule has 2 atom stereocenters. The van der Waals surface area contributed by atoms with Gasteiger partial charge >= 0.3 is 6.36 Å². The fourth-order valence-electron chi connectivity index (χ4n) is 3.39. The van der Waals surface area contributed by atoms with Gasteiger partial charge in [0, 0.05) is 13.1 Å². The van der Waals surface area contributed by atoms with Crippen LogP contribution >= 0.6 is 0 Å². The molecule has 210 valence electrons. The summed E-state index contributed by atoms with van der Waals surface area (Å²) in [5.74, 6) is -1.06. The zero-order chi connectivity index (χ0) is 28.4. The second-order valence-electron chi connectivity index (χ2n) is 9.08. The van der Waals surface area contributed by atoms with Gasteiger partial charge in [0.2, 0.25) is 5.91 Å². The van der Waals surface area contributed by atoms with Crippen LogP contribution in [0, 0.1) is 5.92 Å². The number of aromatic nitrogens is 5. The number of aliphatic hydroxyl groups is 1. The quantitative estimate of drug-likeness (QED) is 0.276. The van der Waals surface area contributed by atoms with Crippen LogP contribution in [0.15, 0.2) is 42.6 Å². The number of aryl methyl sites for hydroxylation is 2. The molecule has 2 amide bonds. The maximum absolute atomic E-state index is 12.4. The minimum atomic E-state index is -4.81. The Bertz CT molecular complexity index is 1230. The Morgan fingerprint density at radius 2 is 1.90 bits per heavy atom. The van der Waals surface area contributed by atoms with Gasteiger partial charge in [-0.1, -0.05) is 24.3 Å². The molecule has 0 radical (unpaired) electrons. The number of unbranched alkanes of at least 4 members (excludes halogenated alkanes) is 1. The van der Waals surface area contributed by atoms with Crippen LogP contribution in [0.5, 0.6) is 5.75 Å². The molecule has 2 aromatic heterocycles. The summed E-state index contributed by atoms with van der Waals surface area (Å²) in [6, 6.07) is 8.53. The summed E-state index contributed by atoms with van der Waals surface area (Å²) >= 11 is 0. The lowest BCUT2D eigenvalue weighted by molar-refractivity contribution is -0.274. The zero-order valence-corrected chi connectivity index (χ0v) is 21.5. The molecule has 0 aliphatic heterocycles. The Hall–Kier alpha value is -4.07. The number of carbonyl (C=O) groups excluding carboxylic acids is 2. The third-order valence-corrected chi connectivity index (χ3v) is 5.73. The van der Waals surface area contributed by atoms with Crippen LogP contribution < -0.4 is 15.4 Å². The Labute approximate surface area is 222 Å². The number of alkyl halides is 3. The summed E-state index contributed by atoms with van der Waals surface area (Å²) in [5, 5.41) is 30.7. The van der Waals surface area contributed by atoms with Gasteiger partial charge in [0.25, 0.3) is 5.91 Å². The Morgan fingerprint density at radius 1 is 1.10 bits per heavy atom. The Kier molecular flexibility index (Phi) is 10.3. The number of amides is 2. The van der Waals surface area contributed by atoms with Crippen LogP contribution in [0.3, 0.4) is 0 Å². The van der Waals surface area contributed by atoms with Gasteiger partial charge in [-0.3, -0.25) is 14.3 Å². The maximum Gasteiger partial charge on any atom is 0.573 e. The molecule has 0 spiro atoms. The van der Waals surface area contributed by atoms with Crippen molar-refractivity contribution in [1.29, 1.82) is 0 Å². The van der Waals surface area contributed by atoms with Gasteiger partial charge in [-0.2, -0.15) is 5.10 Å². The maximum atomic E-state index is 12.4. The topological polar surface area (TPSA) is 144 Å². The lowest BCUT2D eigenvalue weighted by Gasteiger charge is -2.14.